The maximum atomic E-state index is 12.9. The molecule has 0 unspecified atom stereocenters. The summed E-state index contributed by atoms with van der Waals surface area (Å²) in [4.78, 5) is 11.7. The van der Waals surface area contributed by atoms with E-state index in [0.717, 1.165) is 15.7 Å². The van der Waals surface area contributed by atoms with E-state index in [1.807, 2.05) is 0 Å². The first-order valence-electron chi connectivity index (χ1n) is 4.98. The van der Waals surface area contributed by atoms with Gasteiger partial charge in [0.15, 0.2) is 0 Å². The molecule has 0 saturated heterocycles. The van der Waals surface area contributed by atoms with E-state index < -0.39 is 17.6 Å². The van der Waals surface area contributed by atoms with Crippen molar-refractivity contribution in [3.05, 3.63) is 63.2 Å². The van der Waals surface area contributed by atoms with Crippen molar-refractivity contribution in [3.8, 4) is 5.75 Å². The van der Waals surface area contributed by atoms with Gasteiger partial charge in [0, 0.05) is 21.8 Å². The maximum Gasteiger partial charge on any atom is 0.343 e. The van der Waals surface area contributed by atoms with E-state index in [-0.39, 0.29) is 5.75 Å². The first kappa shape index (κ1) is 12.9. The molecular weight excluding hydrogens is 353 g/mol. The molecule has 0 aromatic heterocycles. The van der Waals surface area contributed by atoms with Crippen LogP contribution >= 0.6 is 22.6 Å². The Morgan fingerprint density at radius 1 is 1.00 bits per heavy atom. The molecule has 2 nitrogen and oxygen atoms in total. The third-order valence-electron chi connectivity index (χ3n) is 2.13. The molecule has 0 aliphatic carbocycles. The highest BCUT2D eigenvalue weighted by atomic mass is 127. The van der Waals surface area contributed by atoms with Crippen molar-refractivity contribution in [1.82, 2.24) is 0 Å². The van der Waals surface area contributed by atoms with Crippen molar-refractivity contribution in [1.29, 1.82) is 0 Å². The standard InChI is InChI=1S/C13H7F2IO2/c14-9-5-10(15)7-12(6-9)18-13(17)8-1-3-11(16)4-2-8/h1-7H. The van der Waals surface area contributed by atoms with Crippen molar-refractivity contribution < 1.29 is 18.3 Å². The van der Waals surface area contributed by atoms with E-state index >= 15 is 0 Å². The van der Waals surface area contributed by atoms with Crippen LogP contribution < -0.4 is 4.74 Å². The van der Waals surface area contributed by atoms with Crippen molar-refractivity contribution >= 4 is 28.6 Å². The summed E-state index contributed by atoms with van der Waals surface area (Å²) in [5, 5.41) is 0. The third kappa shape index (κ3) is 3.25. The molecular formula is C13H7F2IO2. The highest BCUT2D eigenvalue weighted by molar-refractivity contribution is 14.1. The van der Waals surface area contributed by atoms with Crippen molar-refractivity contribution in [2.24, 2.45) is 0 Å². The van der Waals surface area contributed by atoms with E-state index in [2.05, 4.69) is 22.6 Å². The minimum atomic E-state index is -0.791. The minimum Gasteiger partial charge on any atom is -0.423 e. The third-order valence-corrected chi connectivity index (χ3v) is 2.85. The Kier molecular flexibility index (Phi) is 3.90. The Hall–Kier alpha value is -1.50. The van der Waals surface area contributed by atoms with Gasteiger partial charge in [-0.2, -0.15) is 0 Å². The second-order valence-electron chi connectivity index (χ2n) is 3.50. The fourth-order valence-electron chi connectivity index (χ4n) is 1.34. The van der Waals surface area contributed by atoms with Crippen LogP contribution in [0.15, 0.2) is 42.5 Å². The first-order chi connectivity index (χ1) is 8.54. The van der Waals surface area contributed by atoms with Gasteiger partial charge in [0.1, 0.15) is 17.4 Å². The van der Waals surface area contributed by atoms with E-state index in [0.29, 0.717) is 11.6 Å². The Bertz CT molecular complexity index is 562. The summed E-state index contributed by atoms with van der Waals surface area (Å²) in [7, 11) is 0. The number of esters is 1. The van der Waals surface area contributed by atoms with Gasteiger partial charge in [-0.1, -0.05) is 0 Å². The summed E-state index contributed by atoms with van der Waals surface area (Å²) in [6.07, 6.45) is 0. The second-order valence-corrected chi connectivity index (χ2v) is 4.75. The number of hydrogen-bond acceptors (Lipinski definition) is 2. The van der Waals surface area contributed by atoms with Gasteiger partial charge < -0.3 is 4.74 Å². The van der Waals surface area contributed by atoms with Crippen LogP contribution in [-0.2, 0) is 0 Å². The normalized spacial score (nSPS) is 10.2. The largest absolute Gasteiger partial charge is 0.423 e. The molecule has 0 N–H and O–H groups in total. The van der Waals surface area contributed by atoms with Crippen LogP contribution in [-0.4, -0.2) is 5.97 Å². The van der Waals surface area contributed by atoms with Crippen LogP contribution in [0.3, 0.4) is 0 Å². The lowest BCUT2D eigenvalue weighted by molar-refractivity contribution is 0.0734. The van der Waals surface area contributed by atoms with Gasteiger partial charge in [0.2, 0.25) is 0 Å². The Morgan fingerprint density at radius 3 is 2.11 bits per heavy atom. The van der Waals surface area contributed by atoms with Crippen LogP contribution in [0.1, 0.15) is 10.4 Å². The van der Waals surface area contributed by atoms with Crippen molar-refractivity contribution in [2.45, 2.75) is 0 Å². The summed E-state index contributed by atoms with van der Waals surface area (Å²) < 4.78 is 31.7. The van der Waals surface area contributed by atoms with E-state index in [1.54, 1.807) is 24.3 Å². The summed E-state index contributed by atoms with van der Waals surface area (Å²) in [6.45, 7) is 0. The van der Waals surface area contributed by atoms with Gasteiger partial charge in [0.05, 0.1) is 5.56 Å². The molecule has 0 atom stereocenters. The lowest BCUT2D eigenvalue weighted by Crippen LogP contribution is -2.08. The highest BCUT2D eigenvalue weighted by Crippen LogP contribution is 2.17. The Labute approximate surface area is 116 Å². The fourth-order valence-corrected chi connectivity index (χ4v) is 1.70. The predicted molar refractivity (Wildman–Crippen MR) is 70.5 cm³/mol. The van der Waals surface area contributed by atoms with Gasteiger partial charge in [-0.05, 0) is 46.9 Å². The summed E-state index contributed by atoms with van der Waals surface area (Å²) in [5.74, 6) is -2.40. The Morgan fingerprint density at radius 2 is 1.56 bits per heavy atom. The number of carbonyl (C=O) groups is 1. The van der Waals surface area contributed by atoms with Gasteiger partial charge in [0.25, 0.3) is 0 Å². The molecule has 0 radical (unpaired) electrons. The number of rotatable bonds is 2. The zero-order chi connectivity index (χ0) is 13.1. The monoisotopic (exact) mass is 360 g/mol. The number of carbonyl (C=O) groups excluding carboxylic acids is 1. The predicted octanol–water partition coefficient (Wildman–Crippen LogP) is 3.79. The molecule has 0 bridgehead atoms. The molecule has 0 spiro atoms. The molecule has 2 rings (SSSR count). The average molecular weight is 360 g/mol. The highest BCUT2D eigenvalue weighted by Gasteiger charge is 2.10. The van der Waals surface area contributed by atoms with Crippen LogP contribution in [0.4, 0.5) is 8.78 Å². The summed E-state index contributed by atoms with van der Waals surface area (Å²) in [5.41, 5.74) is 0.320. The quantitative estimate of drug-likeness (QED) is 0.463. The lowest BCUT2D eigenvalue weighted by Gasteiger charge is -2.04. The molecule has 2 aromatic rings. The Balaban J connectivity index is 2.18. The molecule has 0 fully saturated rings. The fraction of sp³-hybridized carbons (Fsp3) is 0. The van der Waals surface area contributed by atoms with Crippen LogP contribution in [0.25, 0.3) is 0 Å². The van der Waals surface area contributed by atoms with E-state index in [9.17, 15) is 13.6 Å². The number of halogens is 3. The molecule has 0 aliphatic heterocycles. The minimum absolute atomic E-state index is 0.156. The molecule has 0 heterocycles. The van der Waals surface area contributed by atoms with Gasteiger partial charge in [-0.15, -0.1) is 0 Å². The number of hydrogen-bond donors (Lipinski definition) is 0. The van der Waals surface area contributed by atoms with Crippen LogP contribution in [0, 0.1) is 15.2 Å². The average Bonchev–Trinajstić information content (AvgIpc) is 2.28. The maximum absolute atomic E-state index is 12.9. The van der Waals surface area contributed by atoms with E-state index in [4.69, 9.17) is 4.74 Å². The molecule has 2 aromatic carbocycles. The SMILES string of the molecule is O=C(Oc1cc(F)cc(F)c1)c1ccc(I)cc1. The zero-order valence-corrected chi connectivity index (χ0v) is 11.1. The smallest absolute Gasteiger partial charge is 0.343 e. The lowest BCUT2D eigenvalue weighted by atomic mass is 10.2. The number of benzene rings is 2. The number of ether oxygens (including phenoxy) is 1. The molecule has 92 valence electrons. The summed E-state index contributed by atoms with van der Waals surface area (Å²) in [6, 6.07) is 9.26. The molecule has 0 amide bonds. The van der Waals surface area contributed by atoms with Crippen molar-refractivity contribution in [3.63, 3.8) is 0 Å². The van der Waals surface area contributed by atoms with E-state index in [1.165, 1.54) is 0 Å². The second kappa shape index (κ2) is 5.43. The molecule has 5 heteroatoms. The summed E-state index contributed by atoms with van der Waals surface area (Å²) >= 11 is 2.10. The molecule has 0 saturated carbocycles. The van der Waals surface area contributed by atoms with Gasteiger partial charge in [-0.25, -0.2) is 13.6 Å². The van der Waals surface area contributed by atoms with Crippen LogP contribution in [0.2, 0.25) is 0 Å². The van der Waals surface area contributed by atoms with Gasteiger partial charge in [-0.3, -0.25) is 0 Å². The topological polar surface area (TPSA) is 26.3 Å². The zero-order valence-electron chi connectivity index (χ0n) is 8.99. The van der Waals surface area contributed by atoms with Gasteiger partial charge >= 0.3 is 5.97 Å². The first-order valence-corrected chi connectivity index (χ1v) is 6.06. The van der Waals surface area contributed by atoms with Crippen LogP contribution in [0.5, 0.6) is 5.75 Å². The molecule has 0 aliphatic rings. The molecule has 18 heavy (non-hydrogen) atoms. The van der Waals surface area contributed by atoms with Crippen molar-refractivity contribution in [2.75, 3.05) is 0 Å².